The molecular formula is C20H22N2. The average molecular weight is 290 g/mol. The third-order valence-corrected chi connectivity index (χ3v) is 4.75. The van der Waals surface area contributed by atoms with E-state index < -0.39 is 0 Å². The molecule has 0 saturated carbocycles. The molecule has 0 aliphatic carbocycles. The molecule has 2 nitrogen and oxygen atoms in total. The van der Waals surface area contributed by atoms with Crippen LogP contribution in [0, 0.1) is 0 Å². The van der Waals surface area contributed by atoms with E-state index in [2.05, 4.69) is 65.3 Å². The zero-order valence-electron chi connectivity index (χ0n) is 13.1. The molecule has 0 amide bonds. The fourth-order valence-electron chi connectivity index (χ4n) is 3.44. The lowest BCUT2D eigenvalue weighted by Gasteiger charge is -2.07. The third kappa shape index (κ3) is 2.34. The first-order valence-electron chi connectivity index (χ1n) is 8.27. The van der Waals surface area contributed by atoms with Crippen molar-refractivity contribution in [3.05, 3.63) is 59.8 Å². The number of nitrogens with zero attached hydrogens (tertiary/aromatic N) is 1. The maximum atomic E-state index is 3.47. The van der Waals surface area contributed by atoms with Crippen molar-refractivity contribution in [1.29, 1.82) is 0 Å². The lowest BCUT2D eigenvalue weighted by molar-refractivity contribution is 0.658. The van der Waals surface area contributed by atoms with E-state index in [1.54, 1.807) is 0 Å². The monoisotopic (exact) mass is 290 g/mol. The molecule has 1 aliphatic heterocycles. The Kier molecular flexibility index (Phi) is 3.47. The van der Waals surface area contributed by atoms with Crippen molar-refractivity contribution in [1.82, 2.24) is 9.88 Å². The maximum absolute atomic E-state index is 3.47. The zero-order valence-corrected chi connectivity index (χ0v) is 13.1. The van der Waals surface area contributed by atoms with E-state index in [1.807, 2.05) is 0 Å². The predicted octanol–water partition coefficient (Wildman–Crippen LogP) is 4.02. The van der Waals surface area contributed by atoms with Crippen LogP contribution in [0.5, 0.6) is 0 Å². The zero-order chi connectivity index (χ0) is 14.9. The molecule has 0 saturated heterocycles. The molecule has 0 bridgehead atoms. The van der Waals surface area contributed by atoms with Crippen LogP contribution in [0.4, 0.5) is 0 Å². The van der Waals surface area contributed by atoms with Gasteiger partial charge in [0.15, 0.2) is 0 Å². The molecule has 0 atom stereocenters. The van der Waals surface area contributed by atoms with Gasteiger partial charge in [-0.05, 0) is 41.3 Å². The Morgan fingerprint density at radius 2 is 1.77 bits per heavy atom. The molecule has 22 heavy (non-hydrogen) atoms. The minimum absolute atomic E-state index is 1.07. The number of rotatable bonds is 2. The van der Waals surface area contributed by atoms with Crippen LogP contribution in [0.3, 0.4) is 0 Å². The highest BCUT2D eigenvalue weighted by Crippen LogP contribution is 2.28. The highest BCUT2D eigenvalue weighted by atomic mass is 15.0. The van der Waals surface area contributed by atoms with E-state index in [1.165, 1.54) is 33.3 Å². The second-order valence-corrected chi connectivity index (χ2v) is 6.11. The highest BCUT2D eigenvalue weighted by molar-refractivity contribution is 5.86. The van der Waals surface area contributed by atoms with Crippen molar-refractivity contribution in [2.45, 2.75) is 26.3 Å². The average Bonchev–Trinajstić information content (AvgIpc) is 2.75. The standard InChI is InChI=1S/C20H22N2/c1-2-15-3-5-16(6-4-15)17-7-8-20-18(13-17)14-19-9-10-21-11-12-22(19)20/h3-8,13-14,21H,2,9-12H2,1H3. The molecule has 4 rings (SSSR count). The summed E-state index contributed by atoms with van der Waals surface area (Å²) in [7, 11) is 0. The van der Waals surface area contributed by atoms with Crippen LogP contribution in [-0.2, 0) is 19.4 Å². The molecule has 112 valence electrons. The van der Waals surface area contributed by atoms with Gasteiger partial charge in [-0.25, -0.2) is 0 Å². The van der Waals surface area contributed by atoms with Crippen LogP contribution < -0.4 is 5.32 Å². The molecule has 1 aromatic heterocycles. The van der Waals surface area contributed by atoms with Crippen LogP contribution in [0.2, 0.25) is 0 Å². The van der Waals surface area contributed by atoms with Gasteiger partial charge in [-0.1, -0.05) is 37.3 Å². The Morgan fingerprint density at radius 1 is 0.955 bits per heavy atom. The highest BCUT2D eigenvalue weighted by Gasteiger charge is 2.12. The summed E-state index contributed by atoms with van der Waals surface area (Å²) in [6, 6.07) is 18.2. The largest absolute Gasteiger partial charge is 0.343 e. The van der Waals surface area contributed by atoms with Gasteiger partial charge in [0.25, 0.3) is 0 Å². The topological polar surface area (TPSA) is 17.0 Å². The van der Waals surface area contributed by atoms with E-state index >= 15 is 0 Å². The van der Waals surface area contributed by atoms with Crippen LogP contribution in [0.15, 0.2) is 48.5 Å². The summed E-state index contributed by atoms with van der Waals surface area (Å²) in [4.78, 5) is 0. The van der Waals surface area contributed by atoms with Gasteiger partial charge in [-0.2, -0.15) is 0 Å². The van der Waals surface area contributed by atoms with Gasteiger partial charge in [0.2, 0.25) is 0 Å². The fraction of sp³-hybridized carbons (Fsp3) is 0.300. The molecule has 1 aliphatic rings. The Bertz CT molecular complexity index is 796. The minimum Gasteiger partial charge on any atom is -0.343 e. The Hall–Kier alpha value is -2.06. The number of benzene rings is 2. The first kappa shape index (κ1) is 13.6. The molecular weight excluding hydrogens is 268 g/mol. The number of hydrogen-bond acceptors (Lipinski definition) is 1. The maximum Gasteiger partial charge on any atom is 0.0483 e. The van der Waals surface area contributed by atoms with Crippen molar-refractivity contribution < 1.29 is 0 Å². The quantitative estimate of drug-likeness (QED) is 0.754. The molecule has 1 N–H and O–H groups in total. The van der Waals surface area contributed by atoms with Crippen molar-refractivity contribution in [3.63, 3.8) is 0 Å². The molecule has 3 aromatic rings. The van der Waals surface area contributed by atoms with Crippen molar-refractivity contribution in [2.24, 2.45) is 0 Å². The molecule has 0 unspecified atom stereocenters. The van der Waals surface area contributed by atoms with E-state index in [0.717, 1.165) is 32.5 Å². The van der Waals surface area contributed by atoms with Gasteiger partial charge in [0, 0.05) is 42.7 Å². The lowest BCUT2D eigenvalue weighted by Crippen LogP contribution is -2.17. The predicted molar refractivity (Wildman–Crippen MR) is 93.3 cm³/mol. The number of nitrogens with one attached hydrogen (secondary N) is 1. The normalized spacial score (nSPS) is 14.8. The second-order valence-electron chi connectivity index (χ2n) is 6.11. The summed E-state index contributed by atoms with van der Waals surface area (Å²) >= 11 is 0. The summed E-state index contributed by atoms with van der Waals surface area (Å²) in [6.07, 6.45) is 2.22. The van der Waals surface area contributed by atoms with Gasteiger partial charge >= 0.3 is 0 Å². The molecule has 2 heterocycles. The molecule has 0 radical (unpaired) electrons. The smallest absolute Gasteiger partial charge is 0.0483 e. The molecule has 2 aromatic carbocycles. The summed E-state index contributed by atoms with van der Waals surface area (Å²) in [5.74, 6) is 0. The van der Waals surface area contributed by atoms with E-state index in [9.17, 15) is 0 Å². The summed E-state index contributed by atoms with van der Waals surface area (Å²) in [5.41, 5.74) is 6.84. The first-order chi connectivity index (χ1) is 10.8. The van der Waals surface area contributed by atoms with E-state index in [4.69, 9.17) is 0 Å². The molecule has 0 spiro atoms. The van der Waals surface area contributed by atoms with Crippen LogP contribution in [0.1, 0.15) is 18.2 Å². The SMILES string of the molecule is CCc1ccc(-c2ccc3c(c2)cc2n3CCNCC2)cc1. The van der Waals surface area contributed by atoms with Crippen LogP contribution in [-0.4, -0.2) is 17.7 Å². The Morgan fingerprint density at radius 3 is 2.59 bits per heavy atom. The summed E-state index contributed by atoms with van der Waals surface area (Å²) in [5, 5.41) is 4.84. The fourth-order valence-corrected chi connectivity index (χ4v) is 3.44. The summed E-state index contributed by atoms with van der Waals surface area (Å²) in [6.45, 7) is 5.42. The van der Waals surface area contributed by atoms with E-state index in [0.29, 0.717) is 0 Å². The molecule has 0 fully saturated rings. The summed E-state index contributed by atoms with van der Waals surface area (Å²) < 4.78 is 2.47. The van der Waals surface area contributed by atoms with E-state index in [-0.39, 0.29) is 0 Å². The lowest BCUT2D eigenvalue weighted by atomic mass is 10.0. The van der Waals surface area contributed by atoms with Crippen molar-refractivity contribution in [3.8, 4) is 11.1 Å². The van der Waals surface area contributed by atoms with Gasteiger partial charge in [0.1, 0.15) is 0 Å². The van der Waals surface area contributed by atoms with Gasteiger partial charge in [0.05, 0.1) is 0 Å². The van der Waals surface area contributed by atoms with Gasteiger partial charge < -0.3 is 9.88 Å². The molecule has 2 heteroatoms. The third-order valence-electron chi connectivity index (χ3n) is 4.75. The number of fused-ring (bicyclic) bond motifs is 3. The van der Waals surface area contributed by atoms with Gasteiger partial charge in [-0.3, -0.25) is 0 Å². The number of aromatic nitrogens is 1. The number of hydrogen-bond donors (Lipinski definition) is 1. The Labute approximate surface area is 131 Å². The van der Waals surface area contributed by atoms with Crippen molar-refractivity contribution >= 4 is 10.9 Å². The first-order valence-corrected chi connectivity index (χ1v) is 8.27. The Balaban J connectivity index is 1.77. The number of aryl methyl sites for hydroxylation is 1. The second kappa shape index (κ2) is 5.62. The van der Waals surface area contributed by atoms with Crippen LogP contribution >= 0.6 is 0 Å². The minimum atomic E-state index is 1.07. The van der Waals surface area contributed by atoms with Gasteiger partial charge in [-0.15, -0.1) is 0 Å². The van der Waals surface area contributed by atoms with Crippen molar-refractivity contribution in [2.75, 3.05) is 13.1 Å². The van der Waals surface area contributed by atoms with Crippen LogP contribution in [0.25, 0.3) is 22.0 Å².